The third kappa shape index (κ3) is 60.2. The van der Waals surface area contributed by atoms with E-state index in [1.807, 2.05) is 0 Å². The van der Waals surface area contributed by atoms with E-state index in [0.717, 1.165) is 121 Å². The molecule has 0 aromatic heterocycles. The van der Waals surface area contributed by atoms with Crippen LogP contribution >= 0.6 is 15.6 Å². The number of carbonyl (C=O) groups excluding carboxylic acids is 4. The van der Waals surface area contributed by atoms with Crippen LogP contribution in [0.4, 0.5) is 0 Å². The molecule has 0 rings (SSSR count). The Bertz CT molecular complexity index is 1740. The van der Waals surface area contributed by atoms with Crippen LogP contribution < -0.4 is 0 Å². The molecule has 0 saturated heterocycles. The van der Waals surface area contributed by atoms with Crippen molar-refractivity contribution in [2.45, 2.75) is 329 Å². The smallest absolute Gasteiger partial charge is 0.462 e. The molecule has 0 aliphatic heterocycles. The lowest BCUT2D eigenvalue weighted by atomic mass is 10.0. The van der Waals surface area contributed by atoms with Crippen molar-refractivity contribution in [3.8, 4) is 0 Å². The summed E-state index contributed by atoms with van der Waals surface area (Å²) in [5, 5.41) is 10.5. The van der Waals surface area contributed by atoms with Crippen LogP contribution in [0.1, 0.15) is 311 Å². The normalized spacial score (nSPS) is 14.4. The van der Waals surface area contributed by atoms with E-state index in [-0.39, 0.29) is 25.7 Å². The first kappa shape index (κ1) is 82.5. The van der Waals surface area contributed by atoms with Gasteiger partial charge in [-0.05, 0) is 57.3 Å². The molecule has 0 heterocycles. The zero-order valence-corrected chi connectivity index (χ0v) is 56.0. The van der Waals surface area contributed by atoms with Gasteiger partial charge < -0.3 is 33.8 Å². The van der Waals surface area contributed by atoms with Gasteiger partial charge in [0.1, 0.15) is 19.3 Å². The van der Waals surface area contributed by atoms with E-state index in [1.165, 1.54) is 109 Å². The summed E-state index contributed by atoms with van der Waals surface area (Å²) in [5.74, 6) is -1.42. The van der Waals surface area contributed by atoms with Crippen LogP contribution in [0.2, 0.25) is 0 Å². The highest BCUT2D eigenvalue weighted by molar-refractivity contribution is 7.47. The molecule has 19 heteroatoms. The Morgan fingerprint density at radius 2 is 0.635 bits per heavy atom. The van der Waals surface area contributed by atoms with Crippen LogP contribution in [-0.4, -0.2) is 96.7 Å². The predicted molar refractivity (Wildman–Crippen MR) is 340 cm³/mol. The Balaban J connectivity index is 5.25. The first-order valence-corrected chi connectivity index (χ1v) is 36.9. The summed E-state index contributed by atoms with van der Waals surface area (Å²) in [4.78, 5) is 72.2. The van der Waals surface area contributed by atoms with Crippen LogP contribution in [0, 0.1) is 5.92 Å². The maximum absolute atomic E-state index is 13.0. The molecule has 3 N–H and O–H groups in total. The zero-order chi connectivity index (χ0) is 62.8. The number of rotatable bonds is 64. The molecule has 2 unspecified atom stereocenters. The summed E-state index contributed by atoms with van der Waals surface area (Å²) >= 11 is 0. The molecule has 0 aliphatic carbocycles. The van der Waals surface area contributed by atoms with E-state index in [9.17, 15) is 43.2 Å². The molecule has 0 aromatic rings. The molecule has 17 nitrogen and oxygen atoms in total. The van der Waals surface area contributed by atoms with Gasteiger partial charge in [0, 0.05) is 25.7 Å². The van der Waals surface area contributed by atoms with E-state index in [1.54, 1.807) is 0 Å². The number of allylic oxidation sites excluding steroid dienone is 4. The van der Waals surface area contributed by atoms with Gasteiger partial charge in [-0.1, -0.05) is 258 Å². The Kier molecular flexibility index (Phi) is 57.5. The van der Waals surface area contributed by atoms with E-state index in [2.05, 4.69) is 58.9 Å². The highest BCUT2D eigenvalue weighted by atomic mass is 31.2. The van der Waals surface area contributed by atoms with Gasteiger partial charge in [-0.25, -0.2) is 9.13 Å². The summed E-state index contributed by atoms with van der Waals surface area (Å²) < 4.78 is 67.9. The molecule has 0 aliphatic rings. The van der Waals surface area contributed by atoms with Crippen LogP contribution in [-0.2, 0) is 65.4 Å². The highest BCUT2D eigenvalue weighted by Gasteiger charge is 2.30. The SMILES string of the molecule is CCCCCC/C=C\C=C/CCCCCCCC(=O)O[C@H](COC(=O)CCCCCCCCCCCC(C)C)COP(=O)(O)OC[C@@H](O)COP(=O)(O)OC[C@@H](COC(=O)CCCCCCCCC)OC(=O)CCCCCCCCCCCCC. The van der Waals surface area contributed by atoms with E-state index < -0.39 is 97.5 Å². The number of hydrogen-bond acceptors (Lipinski definition) is 15. The molecule has 0 radical (unpaired) electrons. The van der Waals surface area contributed by atoms with Crippen molar-refractivity contribution in [3.05, 3.63) is 24.3 Å². The topological polar surface area (TPSA) is 237 Å². The standard InChI is InChI=1S/C66H124O17P2/c1-6-9-12-15-18-20-22-23-24-25-27-31-37-42-47-52-66(71)83-62(56-77-64(69)50-45-40-35-32-28-29-34-38-43-48-59(4)5)58-81-85(74,75)79-54-60(67)53-78-84(72,73)80-57-61(55-76-63(68)49-44-39-33-17-14-11-8-3)82-65(70)51-46-41-36-30-26-21-19-16-13-10-7-2/h20,22-24,59-62,67H,6-19,21,25-58H2,1-5H3,(H,72,73)(H,74,75)/b22-20-,24-23-/t60-,61+,62+/m0/s1. The summed E-state index contributed by atoms with van der Waals surface area (Å²) in [5.41, 5.74) is 0. The van der Waals surface area contributed by atoms with Gasteiger partial charge in [0.25, 0.3) is 0 Å². The summed E-state index contributed by atoms with van der Waals surface area (Å²) in [7, 11) is -9.90. The van der Waals surface area contributed by atoms with Crippen molar-refractivity contribution >= 4 is 39.5 Å². The minimum atomic E-state index is -4.95. The van der Waals surface area contributed by atoms with Gasteiger partial charge >= 0.3 is 39.5 Å². The molecule has 0 aromatic carbocycles. The first-order chi connectivity index (χ1) is 41.0. The number of hydrogen-bond donors (Lipinski definition) is 3. The van der Waals surface area contributed by atoms with Crippen molar-refractivity contribution in [1.29, 1.82) is 0 Å². The summed E-state index contributed by atoms with van der Waals surface area (Å²) in [6.07, 6.45) is 46.7. The number of phosphoric acid groups is 2. The van der Waals surface area contributed by atoms with Crippen molar-refractivity contribution in [2.75, 3.05) is 39.6 Å². The monoisotopic (exact) mass is 1250 g/mol. The van der Waals surface area contributed by atoms with Crippen LogP contribution in [0.15, 0.2) is 24.3 Å². The van der Waals surface area contributed by atoms with Gasteiger partial charge in [0.15, 0.2) is 12.2 Å². The lowest BCUT2D eigenvalue weighted by molar-refractivity contribution is -0.161. The summed E-state index contributed by atoms with van der Waals surface area (Å²) in [6.45, 7) is 7.08. The number of carbonyl (C=O) groups is 4. The van der Waals surface area contributed by atoms with E-state index in [4.69, 9.17) is 37.0 Å². The Labute approximate surface area is 516 Å². The molecule has 0 fully saturated rings. The quantitative estimate of drug-likeness (QED) is 0.0169. The molecule has 85 heavy (non-hydrogen) atoms. The average molecular weight is 1250 g/mol. The lowest BCUT2D eigenvalue weighted by Crippen LogP contribution is -2.30. The largest absolute Gasteiger partial charge is 0.472 e. The second kappa shape index (κ2) is 59.2. The molecule has 500 valence electrons. The van der Waals surface area contributed by atoms with Gasteiger partial charge in [-0.15, -0.1) is 0 Å². The third-order valence-electron chi connectivity index (χ3n) is 14.7. The second-order valence-electron chi connectivity index (χ2n) is 23.6. The maximum atomic E-state index is 13.0. The van der Waals surface area contributed by atoms with Crippen LogP contribution in [0.3, 0.4) is 0 Å². The highest BCUT2D eigenvalue weighted by Crippen LogP contribution is 2.45. The van der Waals surface area contributed by atoms with Crippen LogP contribution in [0.5, 0.6) is 0 Å². The fraction of sp³-hybridized carbons (Fsp3) is 0.879. The Morgan fingerprint density at radius 1 is 0.365 bits per heavy atom. The number of ether oxygens (including phenoxy) is 4. The summed E-state index contributed by atoms with van der Waals surface area (Å²) in [6, 6.07) is 0. The maximum Gasteiger partial charge on any atom is 0.472 e. The zero-order valence-electron chi connectivity index (χ0n) is 54.2. The predicted octanol–water partition coefficient (Wildman–Crippen LogP) is 18.1. The Hall–Kier alpha value is -2.46. The van der Waals surface area contributed by atoms with Crippen molar-refractivity contribution in [1.82, 2.24) is 0 Å². The molecule has 0 amide bonds. The van der Waals surface area contributed by atoms with E-state index in [0.29, 0.717) is 25.7 Å². The fourth-order valence-corrected chi connectivity index (χ4v) is 11.0. The van der Waals surface area contributed by atoms with Gasteiger partial charge in [-0.3, -0.25) is 37.3 Å². The number of unbranched alkanes of at least 4 members (excludes halogenated alkanes) is 33. The second-order valence-corrected chi connectivity index (χ2v) is 26.6. The minimum absolute atomic E-state index is 0.0847. The van der Waals surface area contributed by atoms with Gasteiger partial charge in [0.05, 0.1) is 26.4 Å². The Morgan fingerprint density at radius 3 is 0.965 bits per heavy atom. The average Bonchev–Trinajstić information content (AvgIpc) is 3.58. The van der Waals surface area contributed by atoms with Crippen molar-refractivity contribution < 1.29 is 80.2 Å². The fourth-order valence-electron chi connectivity index (χ4n) is 9.40. The number of phosphoric ester groups is 2. The minimum Gasteiger partial charge on any atom is -0.462 e. The number of aliphatic hydroxyl groups excluding tert-OH is 1. The molecule has 0 spiro atoms. The molecule has 0 bridgehead atoms. The van der Waals surface area contributed by atoms with Crippen molar-refractivity contribution in [2.24, 2.45) is 5.92 Å². The van der Waals surface area contributed by atoms with Crippen molar-refractivity contribution in [3.63, 3.8) is 0 Å². The van der Waals surface area contributed by atoms with Gasteiger partial charge in [-0.2, -0.15) is 0 Å². The molecular weight excluding hydrogens is 1130 g/mol. The third-order valence-corrected chi connectivity index (χ3v) is 16.6. The molecule has 0 saturated carbocycles. The van der Waals surface area contributed by atoms with E-state index >= 15 is 0 Å². The number of esters is 4. The lowest BCUT2D eigenvalue weighted by Gasteiger charge is -2.21. The van der Waals surface area contributed by atoms with Crippen LogP contribution in [0.25, 0.3) is 0 Å². The molecular formula is C66H124O17P2. The molecule has 5 atom stereocenters. The van der Waals surface area contributed by atoms with Gasteiger partial charge in [0.2, 0.25) is 0 Å². The first-order valence-electron chi connectivity index (χ1n) is 34.0. The number of aliphatic hydroxyl groups is 1.